The molecule has 9 nitrogen and oxygen atoms in total. The number of aromatic nitrogens is 3. The van der Waals surface area contributed by atoms with E-state index >= 15 is 0 Å². The van der Waals surface area contributed by atoms with Crippen LogP contribution in [0.15, 0.2) is 48.8 Å². The minimum absolute atomic E-state index is 0.301. The van der Waals surface area contributed by atoms with Crippen molar-refractivity contribution in [2.24, 2.45) is 0 Å². The van der Waals surface area contributed by atoms with Crippen molar-refractivity contribution in [1.29, 1.82) is 0 Å². The van der Waals surface area contributed by atoms with Crippen molar-refractivity contribution in [3.8, 4) is 11.4 Å². The van der Waals surface area contributed by atoms with E-state index in [2.05, 4.69) is 32.5 Å². The van der Waals surface area contributed by atoms with E-state index < -0.39 is 0 Å². The molecule has 6 rings (SSSR count). The molecule has 2 bridgehead atoms. The molecule has 2 atom stereocenters. The largest absolute Gasteiger partial charge is 0.371 e. The molecule has 2 aromatic heterocycles. The standard InChI is InChI=1S/C25H27N7O2/c1-31-14-21-22(15-31)29-23(30-24(21)32-12-19-8-9-20(13-32)34-19)16-4-6-17(7-5-16)27-25(33)28-18-3-2-10-26-11-18/h2-7,10-11,19-20H,8-9,12-15H2,1H3,(H2,27,28,33). The molecule has 0 aliphatic carbocycles. The molecule has 34 heavy (non-hydrogen) atoms. The lowest BCUT2D eigenvalue weighted by molar-refractivity contribution is 0.0301. The number of fused-ring (bicyclic) bond motifs is 3. The summed E-state index contributed by atoms with van der Waals surface area (Å²) in [6.45, 7) is 3.46. The van der Waals surface area contributed by atoms with Gasteiger partial charge in [0.25, 0.3) is 0 Å². The number of carbonyl (C=O) groups is 1. The topological polar surface area (TPSA) is 95.5 Å². The van der Waals surface area contributed by atoms with E-state index in [9.17, 15) is 4.79 Å². The highest BCUT2D eigenvalue weighted by molar-refractivity contribution is 5.99. The van der Waals surface area contributed by atoms with Crippen LogP contribution in [0.3, 0.4) is 0 Å². The molecule has 3 aromatic rings. The number of ether oxygens (including phenoxy) is 1. The molecule has 9 heteroatoms. The monoisotopic (exact) mass is 457 g/mol. The average Bonchev–Trinajstić information content (AvgIpc) is 3.39. The first kappa shape index (κ1) is 21.0. The number of nitrogens with one attached hydrogen (secondary N) is 2. The lowest BCUT2D eigenvalue weighted by Gasteiger charge is -2.34. The highest BCUT2D eigenvalue weighted by Crippen LogP contribution is 2.35. The maximum absolute atomic E-state index is 12.3. The first-order valence-electron chi connectivity index (χ1n) is 11.7. The Bertz CT molecular complexity index is 1190. The Kier molecular flexibility index (Phi) is 5.35. The Morgan fingerprint density at radius 3 is 2.50 bits per heavy atom. The lowest BCUT2D eigenvalue weighted by atomic mass is 10.1. The number of hydrogen-bond donors (Lipinski definition) is 2. The van der Waals surface area contributed by atoms with Gasteiger partial charge < -0.3 is 20.3 Å². The SMILES string of the molecule is CN1Cc2nc(-c3ccc(NC(=O)Nc4cccnc4)cc3)nc(N3CC4CCC(C3)O4)c2C1. The Hall–Kier alpha value is -3.56. The predicted molar refractivity (Wildman–Crippen MR) is 130 cm³/mol. The third-order valence-electron chi connectivity index (χ3n) is 6.58. The molecule has 174 valence electrons. The lowest BCUT2D eigenvalue weighted by Crippen LogP contribution is -2.43. The van der Waals surface area contributed by atoms with Gasteiger partial charge in [-0.1, -0.05) is 0 Å². The number of benzene rings is 1. The molecule has 2 unspecified atom stereocenters. The molecule has 2 N–H and O–H groups in total. The molecule has 2 amide bonds. The van der Waals surface area contributed by atoms with Crippen molar-refractivity contribution < 1.29 is 9.53 Å². The maximum atomic E-state index is 12.3. The van der Waals surface area contributed by atoms with Gasteiger partial charge in [0, 0.05) is 49.2 Å². The summed E-state index contributed by atoms with van der Waals surface area (Å²) in [6, 6.07) is 10.9. The molecule has 5 heterocycles. The second kappa shape index (κ2) is 8.66. The molecule has 3 aliphatic rings. The summed E-state index contributed by atoms with van der Waals surface area (Å²) >= 11 is 0. The van der Waals surface area contributed by atoms with Gasteiger partial charge in [-0.3, -0.25) is 9.88 Å². The molecule has 0 radical (unpaired) electrons. The van der Waals surface area contributed by atoms with Gasteiger partial charge in [-0.2, -0.15) is 0 Å². The second-order valence-electron chi connectivity index (χ2n) is 9.23. The van der Waals surface area contributed by atoms with E-state index in [1.807, 2.05) is 24.3 Å². The first-order chi connectivity index (χ1) is 16.6. The highest BCUT2D eigenvalue weighted by Gasteiger charge is 2.36. The predicted octanol–water partition coefficient (Wildman–Crippen LogP) is 3.50. The van der Waals surface area contributed by atoms with Crippen LogP contribution in [-0.4, -0.2) is 58.2 Å². The average molecular weight is 458 g/mol. The van der Waals surface area contributed by atoms with E-state index in [0.29, 0.717) is 29.4 Å². The van der Waals surface area contributed by atoms with Crippen molar-refractivity contribution in [3.05, 3.63) is 60.0 Å². The number of hydrogen-bond acceptors (Lipinski definition) is 7. The zero-order chi connectivity index (χ0) is 23.1. The summed E-state index contributed by atoms with van der Waals surface area (Å²) in [4.78, 5) is 30.9. The fourth-order valence-electron chi connectivity index (χ4n) is 5.00. The summed E-state index contributed by atoms with van der Waals surface area (Å²) in [6.07, 6.45) is 6.12. The molecule has 0 saturated carbocycles. The van der Waals surface area contributed by atoms with E-state index in [0.717, 1.165) is 56.1 Å². The Morgan fingerprint density at radius 1 is 1.00 bits per heavy atom. The Balaban J connectivity index is 1.23. The van der Waals surface area contributed by atoms with Gasteiger partial charge in [0.2, 0.25) is 0 Å². The van der Waals surface area contributed by atoms with Crippen molar-refractivity contribution in [1.82, 2.24) is 19.9 Å². The zero-order valence-corrected chi connectivity index (χ0v) is 19.1. The number of anilines is 3. The summed E-state index contributed by atoms with van der Waals surface area (Å²) in [5.41, 5.74) is 4.58. The first-order valence-corrected chi connectivity index (χ1v) is 11.7. The van der Waals surface area contributed by atoms with Gasteiger partial charge in [-0.15, -0.1) is 0 Å². The quantitative estimate of drug-likeness (QED) is 0.619. The summed E-state index contributed by atoms with van der Waals surface area (Å²) in [5.74, 6) is 1.76. The number of rotatable bonds is 4. The smallest absolute Gasteiger partial charge is 0.323 e. The fourth-order valence-corrected chi connectivity index (χ4v) is 5.00. The number of morpholine rings is 1. The molecule has 0 spiro atoms. The van der Waals surface area contributed by atoms with Crippen LogP contribution in [0.2, 0.25) is 0 Å². The van der Waals surface area contributed by atoms with E-state index in [4.69, 9.17) is 14.7 Å². The van der Waals surface area contributed by atoms with Gasteiger partial charge >= 0.3 is 6.03 Å². The van der Waals surface area contributed by atoms with Crippen LogP contribution in [0.5, 0.6) is 0 Å². The molecule has 1 aromatic carbocycles. The van der Waals surface area contributed by atoms with Gasteiger partial charge in [0.05, 0.1) is 29.8 Å². The van der Waals surface area contributed by atoms with Crippen LogP contribution in [-0.2, 0) is 17.8 Å². The molecular weight excluding hydrogens is 430 g/mol. The number of urea groups is 1. The number of carbonyl (C=O) groups excluding carboxylic acids is 1. The second-order valence-corrected chi connectivity index (χ2v) is 9.23. The minimum atomic E-state index is -0.318. The summed E-state index contributed by atoms with van der Waals surface area (Å²) in [7, 11) is 2.12. The highest BCUT2D eigenvalue weighted by atomic mass is 16.5. The maximum Gasteiger partial charge on any atom is 0.323 e. The van der Waals surface area contributed by atoms with E-state index in [1.54, 1.807) is 24.5 Å². The van der Waals surface area contributed by atoms with Crippen LogP contribution in [0, 0.1) is 0 Å². The van der Waals surface area contributed by atoms with Crippen LogP contribution < -0.4 is 15.5 Å². The van der Waals surface area contributed by atoms with Gasteiger partial charge in [-0.05, 0) is 56.3 Å². The zero-order valence-electron chi connectivity index (χ0n) is 19.1. The minimum Gasteiger partial charge on any atom is -0.371 e. The molecule has 3 aliphatic heterocycles. The van der Waals surface area contributed by atoms with Crippen LogP contribution in [0.1, 0.15) is 24.1 Å². The summed E-state index contributed by atoms with van der Waals surface area (Å²) < 4.78 is 6.05. The van der Waals surface area contributed by atoms with E-state index in [1.165, 1.54) is 5.56 Å². The number of pyridine rings is 1. The van der Waals surface area contributed by atoms with Crippen molar-refractivity contribution >= 4 is 23.2 Å². The third-order valence-corrected chi connectivity index (χ3v) is 6.58. The Morgan fingerprint density at radius 2 is 1.76 bits per heavy atom. The van der Waals surface area contributed by atoms with Crippen LogP contribution >= 0.6 is 0 Å². The molecule has 2 saturated heterocycles. The molecule has 2 fully saturated rings. The van der Waals surface area contributed by atoms with Gasteiger partial charge in [0.15, 0.2) is 5.82 Å². The van der Waals surface area contributed by atoms with Gasteiger partial charge in [0.1, 0.15) is 5.82 Å². The van der Waals surface area contributed by atoms with Crippen LogP contribution in [0.4, 0.5) is 22.0 Å². The Labute approximate surface area is 198 Å². The van der Waals surface area contributed by atoms with Crippen molar-refractivity contribution in [3.63, 3.8) is 0 Å². The van der Waals surface area contributed by atoms with E-state index in [-0.39, 0.29) is 6.03 Å². The summed E-state index contributed by atoms with van der Waals surface area (Å²) in [5, 5.41) is 5.62. The van der Waals surface area contributed by atoms with Crippen LogP contribution in [0.25, 0.3) is 11.4 Å². The van der Waals surface area contributed by atoms with Crippen molar-refractivity contribution in [2.45, 2.75) is 38.1 Å². The van der Waals surface area contributed by atoms with Crippen molar-refractivity contribution in [2.75, 3.05) is 35.7 Å². The number of amides is 2. The fraction of sp³-hybridized carbons (Fsp3) is 0.360. The van der Waals surface area contributed by atoms with Gasteiger partial charge in [-0.25, -0.2) is 14.8 Å². The molecular formula is C25H27N7O2. The number of nitrogens with zero attached hydrogens (tertiary/aromatic N) is 5. The third kappa shape index (κ3) is 4.20. The normalized spacial score (nSPS) is 21.4.